The molecule has 0 spiro atoms. The number of benzene rings is 1. The summed E-state index contributed by atoms with van der Waals surface area (Å²) in [5, 5.41) is 0. The number of hydrogen-bond donors (Lipinski definition) is 0. The fourth-order valence-corrected chi connectivity index (χ4v) is 1.17. The minimum absolute atomic E-state index is 0. The third-order valence-corrected chi connectivity index (χ3v) is 1.91. The van der Waals surface area contributed by atoms with E-state index in [-0.39, 0.29) is 57.5 Å². The minimum atomic E-state index is -5.54. The van der Waals surface area contributed by atoms with E-state index in [1.807, 2.05) is 0 Å². The topological polar surface area (TPSA) is 9.23 Å². The maximum absolute atomic E-state index is 12.4. The average Bonchev–Trinajstić information content (AvgIpc) is 2.14. The standard InChI is InChI=1S/C8H6BF6O.K/c1-16-7-3-2-5(8(10,11)12)4-6(7)9(13,14)15;/h2-4H,1H3;/q-1;+1. The molecule has 1 nitrogen and oxygen atoms in total. The maximum Gasteiger partial charge on any atom is 1.00 e. The van der Waals surface area contributed by atoms with Gasteiger partial charge in [0.15, 0.2) is 0 Å². The van der Waals surface area contributed by atoms with Crippen LogP contribution < -0.4 is 61.6 Å². The van der Waals surface area contributed by atoms with Gasteiger partial charge in [0.2, 0.25) is 0 Å². The van der Waals surface area contributed by atoms with Gasteiger partial charge in [-0.05, 0) is 12.1 Å². The molecule has 0 atom stereocenters. The van der Waals surface area contributed by atoms with E-state index in [0.29, 0.717) is 12.1 Å². The molecule has 0 aromatic heterocycles. The number of methoxy groups -OCH3 is 1. The Balaban J connectivity index is 0.00000256. The number of ether oxygens (including phenoxy) is 1. The second-order valence-electron chi connectivity index (χ2n) is 3.03. The molecule has 0 bridgehead atoms. The summed E-state index contributed by atoms with van der Waals surface area (Å²) in [6.07, 6.45) is -4.80. The van der Waals surface area contributed by atoms with Gasteiger partial charge in [0.1, 0.15) is 0 Å². The molecule has 90 valence electrons. The SMILES string of the molecule is COc1ccc(C(F)(F)F)cc1[B-](F)(F)F.[K+]. The van der Waals surface area contributed by atoms with Crippen molar-refractivity contribution in [1.29, 1.82) is 0 Å². The van der Waals surface area contributed by atoms with Crippen LogP contribution >= 0.6 is 0 Å². The van der Waals surface area contributed by atoms with E-state index < -0.39 is 29.9 Å². The molecule has 1 rings (SSSR count). The fourth-order valence-electron chi connectivity index (χ4n) is 1.17. The summed E-state index contributed by atoms with van der Waals surface area (Å²) in [4.78, 5) is 0. The van der Waals surface area contributed by atoms with Crippen molar-refractivity contribution in [2.24, 2.45) is 0 Å². The normalized spacial score (nSPS) is 11.9. The van der Waals surface area contributed by atoms with Crippen LogP contribution in [0.1, 0.15) is 5.56 Å². The van der Waals surface area contributed by atoms with Gasteiger partial charge < -0.3 is 17.7 Å². The van der Waals surface area contributed by atoms with E-state index in [9.17, 15) is 26.1 Å². The first-order valence-corrected chi connectivity index (χ1v) is 4.11. The molecule has 0 aliphatic heterocycles. The van der Waals surface area contributed by atoms with Gasteiger partial charge in [-0.1, -0.05) is 11.5 Å². The molecule has 17 heavy (non-hydrogen) atoms. The molecule has 0 fully saturated rings. The molecule has 1 aromatic rings. The van der Waals surface area contributed by atoms with Crippen LogP contribution in [0, 0.1) is 0 Å². The fraction of sp³-hybridized carbons (Fsp3) is 0.250. The van der Waals surface area contributed by atoms with E-state index in [0.717, 1.165) is 7.11 Å². The Morgan fingerprint density at radius 1 is 1.12 bits per heavy atom. The van der Waals surface area contributed by atoms with Crippen molar-refractivity contribution < 1.29 is 82.2 Å². The number of alkyl halides is 3. The molecular formula is C8H6BF6KO. The largest absolute Gasteiger partial charge is 1.00 e. The van der Waals surface area contributed by atoms with Crippen LogP contribution in [0.3, 0.4) is 0 Å². The molecule has 0 unspecified atom stereocenters. The van der Waals surface area contributed by atoms with Gasteiger partial charge in [0, 0.05) is 0 Å². The van der Waals surface area contributed by atoms with Gasteiger partial charge in [-0.3, -0.25) is 0 Å². The number of halogens is 6. The van der Waals surface area contributed by atoms with E-state index in [1.54, 1.807) is 0 Å². The maximum atomic E-state index is 12.4. The molecule has 0 amide bonds. The van der Waals surface area contributed by atoms with Crippen molar-refractivity contribution in [2.75, 3.05) is 7.11 Å². The first-order chi connectivity index (χ1) is 7.16. The van der Waals surface area contributed by atoms with Crippen molar-refractivity contribution in [3.8, 4) is 5.75 Å². The van der Waals surface area contributed by atoms with Crippen LogP contribution in [0.4, 0.5) is 26.1 Å². The second-order valence-corrected chi connectivity index (χ2v) is 3.03. The van der Waals surface area contributed by atoms with Gasteiger partial charge in [0.25, 0.3) is 0 Å². The van der Waals surface area contributed by atoms with Gasteiger partial charge >= 0.3 is 64.5 Å². The second kappa shape index (κ2) is 5.96. The van der Waals surface area contributed by atoms with Gasteiger partial charge in [0.05, 0.1) is 18.4 Å². The molecule has 0 saturated carbocycles. The van der Waals surface area contributed by atoms with Crippen molar-refractivity contribution in [3.05, 3.63) is 23.8 Å². The Bertz CT molecular complexity index is 389. The van der Waals surface area contributed by atoms with Crippen LogP contribution in [-0.4, -0.2) is 14.1 Å². The monoisotopic (exact) mass is 282 g/mol. The predicted octanol–water partition coefficient (Wildman–Crippen LogP) is -0.228. The van der Waals surface area contributed by atoms with Crippen LogP contribution in [0.2, 0.25) is 0 Å². The summed E-state index contributed by atoms with van der Waals surface area (Å²) >= 11 is 0. The van der Waals surface area contributed by atoms with Crippen LogP contribution in [0.5, 0.6) is 5.75 Å². The summed E-state index contributed by atoms with van der Waals surface area (Å²) in [7, 11) is 0.966. The Labute approximate surface area is 136 Å². The summed E-state index contributed by atoms with van der Waals surface area (Å²) in [5.74, 6) is -0.611. The third-order valence-electron chi connectivity index (χ3n) is 1.91. The van der Waals surface area contributed by atoms with Crippen molar-refractivity contribution in [3.63, 3.8) is 0 Å². The quantitative estimate of drug-likeness (QED) is 0.538. The summed E-state index contributed by atoms with van der Waals surface area (Å²) in [6, 6.07) is 1.26. The molecule has 0 aliphatic carbocycles. The van der Waals surface area contributed by atoms with Crippen molar-refractivity contribution in [1.82, 2.24) is 0 Å². The van der Waals surface area contributed by atoms with Crippen molar-refractivity contribution in [2.45, 2.75) is 6.18 Å². The zero-order chi connectivity index (χ0) is 12.6. The smallest absolute Gasteiger partial charge is 0.500 e. The van der Waals surface area contributed by atoms with E-state index >= 15 is 0 Å². The Morgan fingerprint density at radius 3 is 2.00 bits per heavy atom. The molecule has 9 heteroatoms. The van der Waals surface area contributed by atoms with Crippen LogP contribution in [-0.2, 0) is 6.18 Å². The van der Waals surface area contributed by atoms with Crippen LogP contribution in [0.25, 0.3) is 0 Å². The minimum Gasteiger partial charge on any atom is -0.500 e. The van der Waals surface area contributed by atoms with Gasteiger partial charge in [-0.15, -0.1) is 0 Å². The molecule has 1 aromatic carbocycles. The summed E-state index contributed by atoms with van der Waals surface area (Å²) in [5.41, 5.74) is -2.72. The van der Waals surface area contributed by atoms with E-state index in [2.05, 4.69) is 4.74 Å². The molecule has 0 radical (unpaired) electrons. The molecule has 0 saturated heterocycles. The average molecular weight is 282 g/mol. The first-order valence-electron chi connectivity index (χ1n) is 4.11. The molecule has 0 N–H and O–H groups in total. The third kappa shape index (κ3) is 4.47. The zero-order valence-corrected chi connectivity index (χ0v) is 12.1. The van der Waals surface area contributed by atoms with E-state index in [1.165, 1.54) is 0 Å². The summed E-state index contributed by atoms with van der Waals surface area (Å²) in [6.45, 7) is -5.54. The van der Waals surface area contributed by atoms with Gasteiger partial charge in [-0.25, -0.2) is 0 Å². The Kier molecular flexibility index (Phi) is 6.07. The Hall–Kier alpha value is 0.301. The predicted molar refractivity (Wildman–Crippen MR) is 46.7 cm³/mol. The number of hydrogen-bond acceptors (Lipinski definition) is 1. The van der Waals surface area contributed by atoms with Crippen LogP contribution in [0.15, 0.2) is 18.2 Å². The molecular weight excluding hydrogens is 276 g/mol. The van der Waals surface area contributed by atoms with Gasteiger partial charge in [-0.2, -0.15) is 13.2 Å². The molecule has 0 heterocycles. The Morgan fingerprint density at radius 2 is 1.65 bits per heavy atom. The zero-order valence-electron chi connectivity index (χ0n) is 8.99. The first kappa shape index (κ1) is 17.3. The summed E-state index contributed by atoms with van der Waals surface area (Å²) < 4.78 is 78.2. The van der Waals surface area contributed by atoms with E-state index in [4.69, 9.17) is 0 Å². The van der Waals surface area contributed by atoms with Crippen molar-refractivity contribution >= 4 is 12.4 Å². The number of rotatable bonds is 2. The molecule has 0 aliphatic rings.